The van der Waals surface area contributed by atoms with E-state index in [9.17, 15) is 5.26 Å². The summed E-state index contributed by atoms with van der Waals surface area (Å²) < 4.78 is 1.45. The number of hydrogen-bond acceptors (Lipinski definition) is 2. The summed E-state index contributed by atoms with van der Waals surface area (Å²) in [7, 11) is 0. The summed E-state index contributed by atoms with van der Waals surface area (Å²) in [6.45, 7) is 0. The van der Waals surface area contributed by atoms with Gasteiger partial charge in [0.15, 0.2) is 12.0 Å². The lowest BCUT2D eigenvalue weighted by Crippen LogP contribution is -1.92. The molecule has 2 aromatic carbocycles. The van der Waals surface area contributed by atoms with Gasteiger partial charge in [-0.2, -0.15) is 5.26 Å². The van der Waals surface area contributed by atoms with Crippen LogP contribution in [0.15, 0.2) is 42.5 Å². The van der Waals surface area contributed by atoms with Gasteiger partial charge in [0.2, 0.25) is 0 Å². The number of fused-ring (bicyclic) bond motifs is 1. The number of imidazole rings is 1. The van der Waals surface area contributed by atoms with Crippen LogP contribution in [-0.4, -0.2) is 9.55 Å². The zero-order valence-corrected chi connectivity index (χ0v) is 11.2. The monoisotopic (exact) mass is 287 g/mol. The van der Waals surface area contributed by atoms with Crippen LogP contribution in [0.1, 0.15) is 0 Å². The Bertz CT molecular complexity index is 801. The van der Waals surface area contributed by atoms with Crippen molar-refractivity contribution in [2.24, 2.45) is 0 Å². The summed E-state index contributed by atoms with van der Waals surface area (Å²) in [5, 5.41) is 10.2. The molecular formula is C14H7Cl2N3. The number of nitriles is 1. The summed E-state index contributed by atoms with van der Waals surface area (Å²) in [6.07, 6.45) is 2.12. The lowest BCUT2D eigenvalue weighted by molar-refractivity contribution is 1.12. The van der Waals surface area contributed by atoms with Crippen LogP contribution in [0, 0.1) is 11.5 Å². The minimum atomic E-state index is 0.408. The summed E-state index contributed by atoms with van der Waals surface area (Å²) in [5.41, 5.74) is 2.16. The molecule has 0 saturated heterocycles. The van der Waals surface area contributed by atoms with E-state index < -0.39 is 0 Å². The van der Waals surface area contributed by atoms with Gasteiger partial charge in [0.05, 0.1) is 21.1 Å². The second kappa shape index (κ2) is 4.58. The highest BCUT2D eigenvalue weighted by Gasteiger charge is 2.14. The smallest absolute Gasteiger partial charge is 0.190 e. The highest BCUT2D eigenvalue weighted by atomic mass is 35.5. The van der Waals surface area contributed by atoms with E-state index in [0.29, 0.717) is 26.9 Å². The van der Waals surface area contributed by atoms with Gasteiger partial charge in [0.1, 0.15) is 0 Å². The zero-order chi connectivity index (χ0) is 13.4. The number of hydrogen-bond donors (Lipinski definition) is 0. The molecule has 0 atom stereocenters. The third kappa shape index (κ3) is 1.95. The lowest BCUT2D eigenvalue weighted by atomic mass is 10.2. The van der Waals surface area contributed by atoms with Crippen molar-refractivity contribution in [1.29, 1.82) is 5.26 Å². The van der Waals surface area contributed by atoms with Gasteiger partial charge in [-0.05, 0) is 12.1 Å². The average molecular weight is 288 g/mol. The molecule has 0 radical (unpaired) electrons. The second-order valence-corrected chi connectivity index (χ2v) is 4.81. The Morgan fingerprint density at radius 1 is 1.05 bits per heavy atom. The maximum absolute atomic E-state index is 9.32. The van der Waals surface area contributed by atoms with Gasteiger partial charge >= 0.3 is 0 Å². The summed E-state index contributed by atoms with van der Waals surface area (Å²) in [5.74, 6) is 0.580. The molecule has 0 aliphatic heterocycles. The third-order valence-electron chi connectivity index (χ3n) is 2.83. The minimum absolute atomic E-state index is 0.408. The second-order valence-electron chi connectivity index (χ2n) is 3.99. The molecule has 0 unspecified atom stereocenters. The van der Waals surface area contributed by atoms with Crippen LogP contribution >= 0.6 is 23.2 Å². The first-order chi connectivity index (χ1) is 9.20. The van der Waals surface area contributed by atoms with Crippen LogP contribution in [0.2, 0.25) is 10.0 Å². The van der Waals surface area contributed by atoms with Gasteiger partial charge in [-0.15, -0.1) is 0 Å². The molecule has 1 aromatic heterocycles. The maximum Gasteiger partial charge on any atom is 0.190 e. The molecule has 92 valence electrons. The molecule has 0 spiro atoms. The molecule has 0 bridgehead atoms. The van der Waals surface area contributed by atoms with Gasteiger partial charge in [-0.1, -0.05) is 53.5 Å². The van der Waals surface area contributed by atoms with Gasteiger partial charge in [-0.25, -0.2) is 9.55 Å². The van der Waals surface area contributed by atoms with Crippen molar-refractivity contribution < 1.29 is 0 Å². The van der Waals surface area contributed by atoms with E-state index in [1.807, 2.05) is 30.3 Å². The molecule has 0 N–H and O–H groups in total. The number of halogens is 2. The van der Waals surface area contributed by atoms with Gasteiger partial charge < -0.3 is 0 Å². The van der Waals surface area contributed by atoms with Crippen molar-refractivity contribution in [2.45, 2.75) is 0 Å². The lowest BCUT2D eigenvalue weighted by Gasteiger charge is -1.99. The standard InChI is InChI=1S/C14H7Cl2N3/c15-10-6-12-13(7-11(10)16)19(8-17)14(18-12)9-4-2-1-3-5-9/h1-7H. The van der Waals surface area contributed by atoms with Crippen molar-refractivity contribution in [1.82, 2.24) is 9.55 Å². The first kappa shape index (κ1) is 12.0. The molecule has 3 aromatic rings. The van der Waals surface area contributed by atoms with Crippen LogP contribution in [0.4, 0.5) is 0 Å². The Balaban J connectivity index is 2.36. The SMILES string of the molecule is N#Cn1c(-c2ccccc2)nc2cc(Cl)c(Cl)cc21. The molecule has 0 saturated carbocycles. The van der Waals surface area contributed by atoms with Crippen LogP contribution in [0.25, 0.3) is 22.4 Å². The predicted octanol–water partition coefficient (Wildman–Crippen LogP) is 4.34. The van der Waals surface area contributed by atoms with Crippen molar-refractivity contribution >= 4 is 34.2 Å². The Hall–Kier alpha value is -2.02. The fourth-order valence-corrected chi connectivity index (χ4v) is 2.27. The van der Waals surface area contributed by atoms with E-state index >= 15 is 0 Å². The van der Waals surface area contributed by atoms with E-state index in [2.05, 4.69) is 11.2 Å². The van der Waals surface area contributed by atoms with E-state index in [1.165, 1.54) is 4.57 Å². The molecule has 5 heteroatoms. The van der Waals surface area contributed by atoms with Crippen molar-refractivity contribution in [3.05, 3.63) is 52.5 Å². The van der Waals surface area contributed by atoms with Gasteiger partial charge in [0, 0.05) is 5.56 Å². The third-order valence-corrected chi connectivity index (χ3v) is 3.55. The van der Waals surface area contributed by atoms with Crippen molar-refractivity contribution in [3.8, 4) is 17.6 Å². The number of aromatic nitrogens is 2. The van der Waals surface area contributed by atoms with E-state index in [4.69, 9.17) is 23.2 Å². The van der Waals surface area contributed by atoms with E-state index in [0.717, 1.165) is 5.56 Å². The van der Waals surface area contributed by atoms with E-state index in [1.54, 1.807) is 12.1 Å². The summed E-state index contributed by atoms with van der Waals surface area (Å²) in [6, 6.07) is 12.8. The minimum Gasteiger partial charge on any atom is -0.228 e. The van der Waals surface area contributed by atoms with Crippen LogP contribution in [0.3, 0.4) is 0 Å². The van der Waals surface area contributed by atoms with Crippen LogP contribution < -0.4 is 0 Å². The first-order valence-corrected chi connectivity index (χ1v) is 6.29. The Labute approximate surface area is 119 Å². The Kier molecular flexibility index (Phi) is 2.90. The van der Waals surface area contributed by atoms with Crippen LogP contribution in [-0.2, 0) is 0 Å². The molecule has 3 rings (SSSR count). The fraction of sp³-hybridized carbons (Fsp3) is 0. The van der Waals surface area contributed by atoms with Gasteiger partial charge in [0.25, 0.3) is 0 Å². The Morgan fingerprint density at radius 3 is 2.42 bits per heavy atom. The quantitative estimate of drug-likeness (QED) is 0.668. The number of nitrogens with zero attached hydrogens (tertiary/aromatic N) is 3. The molecule has 0 aliphatic rings. The summed E-state index contributed by atoms with van der Waals surface area (Å²) in [4.78, 5) is 4.45. The van der Waals surface area contributed by atoms with Gasteiger partial charge in [-0.3, -0.25) is 0 Å². The molecule has 0 fully saturated rings. The van der Waals surface area contributed by atoms with Crippen LogP contribution in [0.5, 0.6) is 0 Å². The van der Waals surface area contributed by atoms with Crippen molar-refractivity contribution in [2.75, 3.05) is 0 Å². The first-order valence-electron chi connectivity index (χ1n) is 5.53. The number of benzene rings is 2. The fourth-order valence-electron chi connectivity index (χ4n) is 1.95. The predicted molar refractivity (Wildman–Crippen MR) is 76.2 cm³/mol. The van der Waals surface area contributed by atoms with Crippen molar-refractivity contribution in [3.63, 3.8) is 0 Å². The Morgan fingerprint density at radius 2 is 1.74 bits per heavy atom. The zero-order valence-electron chi connectivity index (χ0n) is 9.64. The molecular weight excluding hydrogens is 281 g/mol. The number of rotatable bonds is 1. The maximum atomic E-state index is 9.32. The molecule has 0 aliphatic carbocycles. The highest BCUT2D eigenvalue weighted by molar-refractivity contribution is 6.42. The molecule has 1 heterocycles. The highest BCUT2D eigenvalue weighted by Crippen LogP contribution is 2.30. The normalized spacial score (nSPS) is 10.6. The molecule has 0 amide bonds. The molecule has 19 heavy (non-hydrogen) atoms. The summed E-state index contributed by atoms with van der Waals surface area (Å²) >= 11 is 12.0. The topological polar surface area (TPSA) is 41.6 Å². The average Bonchev–Trinajstić information content (AvgIpc) is 2.78. The largest absolute Gasteiger partial charge is 0.228 e. The van der Waals surface area contributed by atoms with E-state index in [-0.39, 0.29) is 0 Å². The molecule has 3 nitrogen and oxygen atoms in total.